The normalized spacial score (nSPS) is 10.6. The molecule has 0 aliphatic carbocycles. The second-order valence-corrected chi connectivity index (χ2v) is 6.86. The number of hydrogen-bond donors (Lipinski definition) is 1. The van der Waals surface area contributed by atoms with Crippen molar-refractivity contribution >= 4 is 35.2 Å². The summed E-state index contributed by atoms with van der Waals surface area (Å²) in [6, 6.07) is 6.28. The molecule has 0 saturated heterocycles. The molecule has 0 aliphatic heterocycles. The monoisotopic (exact) mass is 463 g/mol. The Kier molecular flexibility index (Phi) is 9.22. The molecule has 9 heteroatoms. The fourth-order valence-corrected chi connectivity index (χ4v) is 3.06. The molecule has 0 unspecified atom stereocenters. The van der Waals surface area contributed by atoms with E-state index in [4.69, 9.17) is 35.3 Å². The molecule has 0 radical (unpaired) electrons. The Hall–Kier alpha value is -3.39. The molecule has 0 aliphatic rings. The fourth-order valence-electron chi connectivity index (χ4n) is 2.79. The average Bonchev–Trinajstić information content (AvgIpc) is 2.80. The van der Waals surface area contributed by atoms with E-state index in [1.807, 2.05) is 6.92 Å². The summed E-state index contributed by atoms with van der Waals surface area (Å²) in [6.45, 7) is 2.49. The first-order valence-corrected chi connectivity index (χ1v) is 10.1. The molecular formula is C23H26ClNO7. The number of anilines is 1. The first-order valence-electron chi connectivity index (χ1n) is 9.72. The number of esters is 1. The van der Waals surface area contributed by atoms with Crippen LogP contribution in [0.5, 0.6) is 23.0 Å². The van der Waals surface area contributed by atoms with Gasteiger partial charge >= 0.3 is 5.97 Å². The standard InChI is InChI=1S/C23H26ClNO7/c1-6-9-32-22-16(24)10-14(11-20(22)30-4)7-8-21(26)25-17-13-19(29-3)18(28-2)12-15(17)23(27)31-5/h7-8,10-13H,6,9H2,1-5H3,(H,25,26)/b8-7+. The Morgan fingerprint density at radius 1 is 0.969 bits per heavy atom. The largest absolute Gasteiger partial charge is 0.493 e. The lowest BCUT2D eigenvalue weighted by Gasteiger charge is -2.14. The molecule has 0 atom stereocenters. The van der Waals surface area contributed by atoms with Crippen LogP contribution in [0.2, 0.25) is 5.02 Å². The maximum absolute atomic E-state index is 12.5. The van der Waals surface area contributed by atoms with E-state index in [-0.39, 0.29) is 11.3 Å². The third-order valence-corrected chi connectivity index (χ3v) is 4.60. The van der Waals surface area contributed by atoms with Crippen LogP contribution >= 0.6 is 11.6 Å². The maximum Gasteiger partial charge on any atom is 0.340 e. The molecule has 1 amide bonds. The van der Waals surface area contributed by atoms with Crippen molar-refractivity contribution in [3.8, 4) is 23.0 Å². The number of methoxy groups -OCH3 is 4. The van der Waals surface area contributed by atoms with Crippen LogP contribution < -0.4 is 24.3 Å². The molecule has 0 aromatic heterocycles. The summed E-state index contributed by atoms with van der Waals surface area (Å²) in [5.41, 5.74) is 0.962. The summed E-state index contributed by atoms with van der Waals surface area (Å²) in [5.74, 6) is 0.463. The van der Waals surface area contributed by atoms with Crippen molar-refractivity contribution in [1.29, 1.82) is 0 Å². The smallest absolute Gasteiger partial charge is 0.340 e. The molecular weight excluding hydrogens is 438 g/mol. The Balaban J connectivity index is 2.29. The Morgan fingerprint density at radius 2 is 1.62 bits per heavy atom. The van der Waals surface area contributed by atoms with Gasteiger partial charge in [-0.05, 0) is 30.2 Å². The van der Waals surface area contributed by atoms with Gasteiger partial charge in [0.25, 0.3) is 0 Å². The summed E-state index contributed by atoms with van der Waals surface area (Å²) >= 11 is 6.31. The fraction of sp³-hybridized carbons (Fsp3) is 0.304. The van der Waals surface area contributed by atoms with Crippen LogP contribution in [-0.4, -0.2) is 46.9 Å². The van der Waals surface area contributed by atoms with Gasteiger partial charge in [-0.15, -0.1) is 0 Å². The maximum atomic E-state index is 12.5. The van der Waals surface area contributed by atoms with E-state index in [1.165, 1.54) is 46.6 Å². The number of halogens is 1. The molecule has 0 bridgehead atoms. The van der Waals surface area contributed by atoms with Crippen molar-refractivity contribution in [2.45, 2.75) is 13.3 Å². The molecule has 1 N–H and O–H groups in total. The van der Waals surface area contributed by atoms with Crippen molar-refractivity contribution in [3.63, 3.8) is 0 Å². The molecule has 2 rings (SSSR count). The lowest BCUT2D eigenvalue weighted by Crippen LogP contribution is -2.13. The van der Waals surface area contributed by atoms with Crippen LogP contribution in [0, 0.1) is 0 Å². The van der Waals surface area contributed by atoms with Gasteiger partial charge in [0.15, 0.2) is 23.0 Å². The van der Waals surface area contributed by atoms with Gasteiger partial charge < -0.3 is 29.0 Å². The van der Waals surface area contributed by atoms with Crippen molar-refractivity contribution < 1.29 is 33.3 Å². The minimum absolute atomic E-state index is 0.119. The average molecular weight is 464 g/mol. The van der Waals surface area contributed by atoms with Gasteiger partial charge in [0.2, 0.25) is 5.91 Å². The van der Waals surface area contributed by atoms with E-state index in [9.17, 15) is 9.59 Å². The van der Waals surface area contributed by atoms with Gasteiger partial charge in [-0.25, -0.2) is 4.79 Å². The zero-order valence-corrected chi connectivity index (χ0v) is 19.4. The van der Waals surface area contributed by atoms with E-state index < -0.39 is 11.9 Å². The van der Waals surface area contributed by atoms with Gasteiger partial charge in [-0.3, -0.25) is 4.79 Å². The summed E-state index contributed by atoms with van der Waals surface area (Å²) in [5, 5.41) is 3.02. The van der Waals surface area contributed by atoms with E-state index in [1.54, 1.807) is 18.2 Å². The summed E-state index contributed by atoms with van der Waals surface area (Å²) < 4.78 is 26.2. The minimum atomic E-state index is -0.635. The zero-order chi connectivity index (χ0) is 23.7. The van der Waals surface area contributed by atoms with Gasteiger partial charge in [0, 0.05) is 18.2 Å². The number of benzene rings is 2. The predicted octanol–water partition coefficient (Wildman–Crippen LogP) is 4.59. The van der Waals surface area contributed by atoms with Crippen molar-refractivity contribution in [1.82, 2.24) is 0 Å². The van der Waals surface area contributed by atoms with Crippen LogP contribution in [0.3, 0.4) is 0 Å². The quantitative estimate of drug-likeness (QED) is 0.406. The third-order valence-electron chi connectivity index (χ3n) is 4.32. The Labute approximate surface area is 192 Å². The molecule has 0 spiro atoms. The third kappa shape index (κ3) is 6.07. The van der Waals surface area contributed by atoms with E-state index in [2.05, 4.69) is 5.32 Å². The number of hydrogen-bond acceptors (Lipinski definition) is 7. The molecule has 0 heterocycles. The number of rotatable bonds is 10. The summed E-state index contributed by atoms with van der Waals surface area (Å²) in [6.07, 6.45) is 3.69. The van der Waals surface area contributed by atoms with Crippen LogP contribution in [0.25, 0.3) is 6.08 Å². The highest BCUT2D eigenvalue weighted by atomic mass is 35.5. The number of carbonyl (C=O) groups is 2. The number of carbonyl (C=O) groups excluding carboxylic acids is 2. The number of amides is 1. The predicted molar refractivity (Wildman–Crippen MR) is 122 cm³/mol. The highest BCUT2D eigenvalue weighted by Crippen LogP contribution is 2.37. The molecule has 172 valence electrons. The van der Waals surface area contributed by atoms with E-state index in [0.717, 1.165) is 6.42 Å². The van der Waals surface area contributed by atoms with Crippen LogP contribution in [-0.2, 0) is 9.53 Å². The van der Waals surface area contributed by atoms with Gasteiger partial charge in [0.05, 0.1) is 51.3 Å². The SMILES string of the molecule is CCCOc1c(Cl)cc(/C=C/C(=O)Nc2cc(OC)c(OC)cc2C(=O)OC)cc1OC. The van der Waals surface area contributed by atoms with E-state index in [0.29, 0.717) is 40.2 Å². The van der Waals surface area contributed by atoms with Crippen LogP contribution in [0.1, 0.15) is 29.3 Å². The Bertz CT molecular complexity index is 1000. The Morgan fingerprint density at radius 3 is 2.22 bits per heavy atom. The van der Waals surface area contributed by atoms with Gasteiger partial charge in [-0.1, -0.05) is 18.5 Å². The summed E-state index contributed by atoms with van der Waals surface area (Å²) in [4.78, 5) is 24.7. The highest BCUT2D eigenvalue weighted by molar-refractivity contribution is 6.32. The van der Waals surface area contributed by atoms with Crippen LogP contribution in [0.4, 0.5) is 5.69 Å². The minimum Gasteiger partial charge on any atom is -0.493 e. The highest BCUT2D eigenvalue weighted by Gasteiger charge is 2.18. The molecule has 2 aromatic rings. The van der Waals surface area contributed by atoms with Crippen molar-refractivity contribution in [2.75, 3.05) is 40.4 Å². The first-order chi connectivity index (χ1) is 15.4. The van der Waals surface area contributed by atoms with Crippen LogP contribution in [0.15, 0.2) is 30.3 Å². The first kappa shape index (κ1) is 24.9. The molecule has 8 nitrogen and oxygen atoms in total. The van der Waals surface area contributed by atoms with E-state index >= 15 is 0 Å². The topological polar surface area (TPSA) is 92.3 Å². The molecule has 0 fully saturated rings. The second-order valence-electron chi connectivity index (χ2n) is 6.45. The summed E-state index contributed by atoms with van der Waals surface area (Å²) in [7, 11) is 5.65. The van der Waals surface area contributed by atoms with Crippen molar-refractivity contribution in [3.05, 3.63) is 46.5 Å². The number of ether oxygens (including phenoxy) is 5. The lowest BCUT2D eigenvalue weighted by atomic mass is 10.1. The van der Waals surface area contributed by atoms with Gasteiger partial charge in [0.1, 0.15) is 0 Å². The molecule has 0 saturated carbocycles. The van der Waals surface area contributed by atoms with Crippen molar-refractivity contribution in [2.24, 2.45) is 0 Å². The molecule has 32 heavy (non-hydrogen) atoms. The zero-order valence-electron chi connectivity index (χ0n) is 18.6. The lowest BCUT2D eigenvalue weighted by molar-refractivity contribution is -0.111. The molecule has 2 aromatic carbocycles. The second kappa shape index (κ2) is 11.9. The number of nitrogens with one attached hydrogen (secondary N) is 1. The van der Waals surface area contributed by atoms with Gasteiger partial charge in [-0.2, -0.15) is 0 Å².